The Labute approximate surface area is 92.8 Å². The van der Waals surface area contributed by atoms with Crippen LogP contribution in [0, 0.1) is 11.6 Å². The molecule has 0 spiro atoms. The zero-order valence-electron chi connectivity index (χ0n) is 9.02. The van der Waals surface area contributed by atoms with Crippen LogP contribution < -0.4 is 15.4 Å². The molecule has 0 bridgehead atoms. The monoisotopic (exact) mass is 228 g/mol. The molecule has 2 N–H and O–H groups in total. The Balaban J connectivity index is 2.29. The van der Waals surface area contributed by atoms with E-state index in [0.29, 0.717) is 12.1 Å². The summed E-state index contributed by atoms with van der Waals surface area (Å²) in [5.74, 6) is -1.05. The molecule has 1 heterocycles. The summed E-state index contributed by atoms with van der Waals surface area (Å²) in [4.78, 5) is 0. The van der Waals surface area contributed by atoms with Crippen molar-refractivity contribution in [1.82, 2.24) is 10.6 Å². The van der Waals surface area contributed by atoms with Gasteiger partial charge in [0.25, 0.3) is 0 Å². The van der Waals surface area contributed by atoms with Crippen LogP contribution in [-0.4, -0.2) is 26.7 Å². The van der Waals surface area contributed by atoms with Crippen LogP contribution in [-0.2, 0) is 0 Å². The summed E-state index contributed by atoms with van der Waals surface area (Å²) in [5.41, 5.74) is 0.338. The third-order valence-electron chi connectivity index (χ3n) is 2.69. The van der Waals surface area contributed by atoms with Crippen molar-refractivity contribution in [2.75, 3.05) is 26.7 Å². The molecule has 16 heavy (non-hydrogen) atoms. The molecule has 0 aliphatic carbocycles. The Bertz CT molecular complexity index is 378. The predicted octanol–water partition coefficient (Wildman–Crippen LogP) is 1.21. The zero-order valence-corrected chi connectivity index (χ0v) is 9.02. The molecule has 1 aromatic rings. The highest BCUT2D eigenvalue weighted by molar-refractivity contribution is 5.33. The molecule has 1 saturated heterocycles. The first-order chi connectivity index (χ1) is 7.72. The number of hydrogen-bond donors (Lipinski definition) is 2. The van der Waals surface area contributed by atoms with Gasteiger partial charge in [0.2, 0.25) is 0 Å². The quantitative estimate of drug-likeness (QED) is 0.798. The van der Waals surface area contributed by atoms with E-state index in [4.69, 9.17) is 4.74 Å². The molecule has 1 aliphatic heterocycles. The average Bonchev–Trinajstić information content (AvgIpc) is 2.32. The van der Waals surface area contributed by atoms with Crippen LogP contribution in [0.1, 0.15) is 11.6 Å². The van der Waals surface area contributed by atoms with Gasteiger partial charge in [0, 0.05) is 37.3 Å². The molecule has 0 aromatic heterocycles. The van der Waals surface area contributed by atoms with Gasteiger partial charge in [0.1, 0.15) is 5.82 Å². The van der Waals surface area contributed by atoms with Gasteiger partial charge in [-0.1, -0.05) is 0 Å². The number of rotatable bonds is 2. The fourth-order valence-electron chi connectivity index (χ4n) is 1.84. The molecular weight excluding hydrogens is 214 g/mol. The van der Waals surface area contributed by atoms with Crippen LogP contribution >= 0.6 is 0 Å². The number of halogens is 2. The highest BCUT2D eigenvalue weighted by Crippen LogP contribution is 2.25. The van der Waals surface area contributed by atoms with Crippen LogP contribution in [0.4, 0.5) is 8.78 Å². The van der Waals surface area contributed by atoms with Gasteiger partial charge in [0.15, 0.2) is 11.6 Å². The first-order valence-electron chi connectivity index (χ1n) is 5.19. The molecule has 88 valence electrons. The van der Waals surface area contributed by atoms with Crippen molar-refractivity contribution in [3.8, 4) is 5.75 Å². The molecule has 1 fully saturated rings. The van der Waals surface area contributed by atoms with Crippen LogP contribution in [0.2, 0.25) is 0 Å². The fourth-order valence-corrected chi connectivity index (χ4v) is 1.84. The summed E-state index contributed by atoms with van der Waals surface area (Å²) in [7, 11) is 1.32. The zero-order chi connectivity index (χ0) is 11.5. The second-order valence-electron chi connectivity index (χ2n) is 3.72. The Morgan fingerprint density at radius 1 is 1.25 bits per heavy atom. The molecule has 5 heteroatoms. The predicted molar refractivity (Wildman–Crippen MR) is 56.5 cm³/mol. The molecule has 1 aliphatic rings. The normalized spacial score (nSPS) is 20.8. The lowest BCUT2D eigenvalue weighted by Gasteiger charge is -2.25. The van der Waals surface area contributed by atoms with E-state index in [1.165, 1.54) is 13.2 Å². The van der Waals surface area contributed by atoms with Gasteiger partial charge >= 0.3 is 0 Å². The summed E-state index contributed by atoms with van der Waals surface area (Å²) in [6.45, 7) is 2.19. The molecule has 0 saturated carbocycles. The van der Waals surface area contributed by atoms with E-state index in [2.05, 4.69) is 10.6 Å². The van der Waals surface area contributed by atoms with E-state index >= 15 is 0 Å². The van der Waals surface area contributed by atoms with Gasteiger partial charge in [-0.15, -0.1) is 0 Å². The molecule has 1 unspecified atom stereocenters. The molecule has 3 nitrogen and oxygen atoms in total. The van der Waals surface area contributed by atoms with Crippen LogP contribution in [0.5, 0.6) is 5.75 Å². The first-order valence-corrected chi connectivity index (χ1v) is 5.19. The largest absolute Gasteiger partial charge is 0.494 e. The SMILES string of the molecule is COc1cc(F)c(C2CNCCN2)cc1F. The number of methoxy groups -OCH3 is 1. The maximum absolute atomic E-state index is 13.7. The minimum absolute atomic E-state index is 0.0648. The Kier molecular flexibility index (Phi) is 3.36. The van der Waals surface area contributed by atoms with Crippen molar-refractivity contribution in [1.29, 1.82) is 0 Å². The molecule has 0 radical (unpaired) electrons. The van der Waals surface area contributed by atoms with E-state index in [1.54, 1.807) is 0 Å². The van der Waals surface area contributed by atoms with Crippen LogP contribution in [0.15, 0.2) is 12.1 Å². The number of benzene rings is 1. The van der Waals surface area contributed by atoms with Crippen molar-refractivity contribution >= 4 is 0 Å². The van der Waals surface area contributed by atoms with Crippen LogP contribution in [0.3, 0.4) is 0 Å². The minimum Gasteiger partial charge on any atom is -0.494 e. The van der Waals surface area contributed by atoms with E-state index in [-0.39, 0.29) is 11.8 Å². The lowest BCUT2D eigenvalue weighted by Crippen LogP contribution is -2.43. The Morgan fingerprint density at radius 3 is 2.69 bits per heavy atom. The lowest BCUT2D eigenvalue weighted by atomic mass is 10.0. The van der Waals surface area contributed by atoms with E-state index in [9.17, 15) is 8.78 Å². The number of piperazine rings is 1. The van der Waals surface area contributed by atoms with Gasteiger partial charge < -0.3 is 15.4 Å². The van der Waals surface area contributed by atoms with Gasteiger partial charge in [0.05, 0.1) is 7.11 Å². The number of ether oxygens (including phenoxy) is 1. The molecular formula is C11H14F2N2O. The van der Waals surface area contributed by atoms with Crippen molar-refractivity contribution in [2.45, 2.75) is 6.04 Å². The van der Waals surface area contributed by atoms with Gasteiger partial charge in [-0.05, 0) is 6.07 Å². The average molecular weight is 228 g/mol. The standard InChI is InChI=1S/C11H14F2N2O/c1-16-11-5-8(12)7(4-9(11)13)10-6-14-2-3-15-10/h4-5,10,14-15H,2-3,6H2,1H3. The van der Waals surface area contributed by atoms with Crippen molar-refractivity contribution in [3.63, 3.8) is 0 Å². The van der Waals surface area contributed by atoms with E-state index in [1.807, 2.05) is 0 Å². The second-order valence-corrected chi connectivity index (χ2v) is 3.72. The Hall–Kier alpha value is -1.20. The summed E-state index contributed by atoms with van der Waals surface area (Å²) in [6, 6.07) is 2.09. The van der Waals surface area contributed by atoms with Crippen molar-refractivity contribution in [3.05, 3.63) is 29.3 Å². The van der Waals surface area contributed by atoms with Gasteiger partial charge in [-0.2, -0.15) is 0 Å². The third kappa shape index (κ3) is 2.15. The van der Waals surface area contributed by atoms with E-state index < -0.39 is 11.6 Å². The fraction of sp³-hybridized carbons (Fsp3) is 0.455. The summed E-state index contributed by atoms with van der Waals surface area (Å²) in [6.07, 6.45) is 0. The van der Waals surface area contributed by atoms with Gasteiger partial charge in [-0.25, -0.2) is 8.78 Å². The van der Waals surface area contributed by atoms with Crippen molar-refractivity contribution < 1.29 is 13.5 Å². The lowest BCUT2D eigenvalue weighted by molar-refractivity contribution is 0.375. The third-order valence-corrected chi connectivity index (χ3v) is 2.69. The highest BCUT2D eigenvalue weighted by atomic mass is 19.1. The number of hydrogen-bond acceptors (Lipinski definition) is 3. The maximum Gasteiger partial charge on any atom is 0.165 e. The second kappa shape index (κ2) is 4.76. The Morgan fingerprint density at radius 2 is 2.06 bits per heavy atom. The summed E-state index contributed by atoms with van der Waals surface area (Å²) in [5, 5.41) is 6.26. The van der Waals surface area contributed by atoms with E-state index in [0.717, 1.165) is 19.2 Å². The molecule has 0 amide bonds. The number of nitrogens with one attached hydrogen (secondary N) is 2. The molecule has 1 aromatic carbocycles. The smallest absolute Gasteiger partial charge is 0.165 e. The minimum atomic E-state index is -0.536. The van der Waals surface area contributed by atoms with Gasteiger partial charge in [-0.3, -0.25) is 0 Å². The first kappa shape index (κ1) is 11.3. The topological polar surface area (TPSA) is 33.3 Å². The molecule has 2 rings (SSSR count). The summed E-state index contributed by atoms with van der Waals surface area (Å²) >= 11 is 0. The summed E-state index contributed by atoms with van der Waals surface area (Å²) < 4.78 is 31.8. The highest BCUT2D eigenvalue weighted by Gasteiger charge is 2.20. The van der Waals surface area contributed by atoms with Crippen LogP contribution in [0.25, 0.3) is 0 Å². The molecule has 1 atom stereocenters. The van der Waals surface area contributed by atoms with Crippen molar-refractivity contribution in [2.24, 2.45) is 0 Å². The maximum atomic E-state index is 13.7.